The molecule has 0 heterocycles. The van der Waals surface area contributed by atoms with Crippen molar-refractivity contribution in [2.45, 2.75) is 70.9 Å². The summed E-state index contributed by atoms with van der Waals surface area (Å²) in [4.78, 5) is 0. The Hall–Kier alpha value is -1.02. The molecule has 0 bridgehead atoms. The van der Waals surface area contributed by atoms with Gasteiger partial charge in [0.15, 0.2) is 0 Å². The van der Waals surface area contributed by atoms with Gasteiger partial charge in [-0.1, -0.05) is 45.2 Å². The predicted molar refractivity (Wildman–Crippen MR) is 85.4 cm³/mol. The Morgan fingerprint density at radius 3 is 2.50 bits per heavy atom. The molecule has 1 aromatic carbocycles. The van der Waals surface area contributed by atoms with Gasteiger partial charge in [0.25, 0.3) is 0 Å². The lowest BCUT2D eigenvalue weighted by Crippen LogP contribution is -2.42. The number of nitrogens with one attached hydrogen (secondary N) is 1. The van der Waals surface area contributed by atoms with Crippen LogP contribution in [-0.2, 0) is 6.42 Å². The molecule has 2 rings (SSSR count). The van der Waals surface area contributed by atoms with Crippen LogP contribution in [0, 0.1) is 0 Å². The van der Waals surface area contributed by atoms with Crippen molar-refractivity contribution in [2.75, 3.05) is 6.54 Å². The van der Waals surface area contributed by atoms with Gasteiger partial charge in [0.1, 0.15) is 11.9 Å². The second-order valence-electron chi connectivity index (χ2n) is 5.85. The molecule has 0 aliphatic heterocycles. The van der Waals surface area contributed by atoms with Gasteiger partial charge in [0, 0.05) is 6.04 Å². The minimum absolute atomic E-state index is 0.328. The van der Waals surface area contributed by atoms with Crippen molar-refractivity contribution in [2.24, 2.45) is 0 Å². The molecule has 1 aliphatic carbocycles. The summed E-state index contributed by atoms with van der Waals surface area (Å²) in [7, 11) is 0. The average molecular weight is 275 g/mol. The van der Waals surface area contributed by atoms with E-state index in [1.807, 2.05) is 0 Å². The van der Waals surface area contributed by atoms with Gasteiger partial charge in [-0.15, -0.1) is 0 Å². The van der Waals surface area contributed by atoms with Crippen LogP contribution in [0.2, 0.25) is 0 Å². The molecular weight excluding hydrogens is 246 g/mol. The molecule has 1 N–H and O–H groups in total. The van der Waals surface area contributed by atoms with Crippen LogP contribution in [-0.4, -0.2) is 18.7 Å². The first-order valence-corrected chi connectivity index (χ1v) is 8.32. The van der Waals surface area contributed by atoms with Crippen molar-refractivity contribution in [3.8, 4) is 5.75 Å². The number of hydrogen-bond donors (Lipinski definition) is 1. The van der Waals surface area contributed by atoms with Crippen LogP contribution in [0.25, 0.3) is 0 Å². The van der Waals surface area contributed by atoms with Crippen LogP contribution >= 0.6 is 0 Å². The third-order valence-electron chi connectivity index (χ3n) is 4.17. The molecule has 0 radical (unpaired) electrons. The van der Waals surface area contributed by atoms with E-state index >= 15 is 0 Å². The molecule has 1 aromatic rings. The molecule has 2 unspecified atom stereocenters. The molecule has 2 atom stereocenters. The van der Waals surface area contributed by atoms with E-state index in [1.54, 1.807) is 0 Å². The quantitative estimate of drug-likeness (QED) is 0.780. The molecule has 20 heavy (non-hydrogen) atoms. The standard InChI is InChI=1S/C18H29NO/c1-3-8-15-11-13-16(14-12-15)20-18-10-7-5-6-9-17(18)19-4-2/h11-14,17-19H,3-10H2,1-2H3. The fraction of sp³-hybridized carbons (Fsp3) is 0.667. The third kappa shape index (κ3) is 4.52. The minimum Gasteiger partial charge on any atom is -0.489 e. The number of ether oxygens (including phenoxy) is 1. The van der Waals surface area contributed by atoms with Gasteiger partial charge >= 0.3 is 0 Å². The van der Waals surface area contributed by atoms with E-state index in [2.05, 4.69) is 43.4 Å². The summed E-state index contributed by atoms with van der Waals surface area (Å²) < 4.78 is 6.27. The molecule has 0 saturated heterocycles. The zero-order valence-electron chi connectivity index (χ0n) is 13.0. The van der Waals surface area contributed by atoms with Crippen LogP contribution < -0.4 is 10.1 Å². The summed E-state index contributed by atoms with van der Waals surface area (Å²) in [5.41, 5.74) is 1.41. The van der Waals surface area contributed by atoms with Crippen molar-refractivity contribution < 1.29 is 4.74 Å². The summed E-state index contributed by atoms with van der Waals surface area (Å²) >= 11 is 0. The summed E-state index contributed by atoms with van der Waals surface area (Å²) in [6.45, 7) is 5.43. The minimum atomic E-state index is 0.328. The second-order valence-corrected chi connectivity index (χ2v) is 5.85. The highest BCUT2D eigenvalue weighted by Gasteiger charge is 2.24. The van der Waals surface area contributed by atoms with E-state index in [0.717, 1.165) is 18.7 Å². The first-order chi connectivity index (χ1) is 9.83. The fourth-order valence-electron chi connectivity index (χ4n) is 3.11. The molecule has 2 nitrogen and oxygen atoms in total. The van der Waals surface area contributed by atoms with Crippen molar-refractivity contribution in [1.82, 2.24) is 5.32 Å². The topological polar surface area (TPSA) is 21.3 Å². The maximum Gasteiger partial charge on any atom is 0.119 e. The van der Waals surface area contributed by atoms with Crippen LogP contribution in [0.3, 0.4) is 0 Å². The van der Waals surface area contributed by atoms with Gasteiger partial charge in [-0.3, -0.25) is 0 Å². The van der Waals surface area contributed by atoms with Crippen LogP contribution in [0.5, 0.6) is 5.75 Å². The molecule has 0 amide bonds. The molecule has 112 valence electrons. The average Bonchev–Trinajstić information content (AvgIpc) is 2.68. The Kier molecular flexibility index (Phi) is 6.38. The zero-order valence-corrected chi connectivity index (χ0v) is 13.0. The van der Waals surface area contributed by atoms with E-state index in [1.165, 1.54) is 44.1 Å². The van der Waals surface area contributed by atoms with E-state index in [9.17, 15) is 0 Å². The van der Waals surface area contributed by atoms with E-state index in [4.69, 9.17) is 4.74 Å². The SMILES string of the molecule is CCCc1ccc(OC2CCCCCC2NCC)cc1. The highest BCUT2D eigenvalue weighted by atomic mass is 16.5. The van der Waals surface area contributed by atoms with Crippen molar-refractivity contribution in [3.63, 3.8) is 0 Å². The molecular formula is C18H29NO. The van der Waals surface area contributed by atoms with Gasteiger partial charge in [-0.2, -0.15) is 0 Å². The number of benzene rings is 1. The summed E-state index contributed by atoms with van der Waals surface area (Å²) in [6, 6.07) is 9.20. The van der Waals surface area contributed by atoms with Gasteiger partial charge in [-0.25, -0.2) is 0 Å². The monoisotopic (exact) mass is 275 g/mol. The van der Waals surface area contributed by atoms with Gasteiger partial charge in [-0.05, 0) is 49.9 Å². The molecule has 1 fully saturated rings. The predicted octanol–water partition coefficient (Wildman–Crippen LogP) is 4.33. The second kappa shape index (κ2) is 8.31. The lowest BCUT2D eigenvalue weighted by Gasteiger charge is -2.27. The number of rotatable bonds is 6. The van der Waals surface area contributed by atoms with Crippen molar-refractivity contribution in [1.29, 1.82) is 0 Å². The van der Waals surface area contributed by atoms with Crippen LogP contribution in [0.15, 0.2) is 24.3 Å². The Balaban J connectivity index is 1.97. The van der Waals surface area contributed by atoms with Gasteiger partial charge in [0.2, 0.25) is 0 Å². The Morgan fingerprint density at radius 1 is 1.05 bits per heavy atom. The van der Waals surface area contributed by atoms with Crippen molar-refractivity contribution >= 4 is 0 Å². The fourth-order valence-corrected chi connectivity index (χ4v) is 3.11. The molecule has 0 spiro atoms. The number of aryl methyl sites for hydroxylation is 1. The summed E-state index contributed by atoms with van der Waals surface area (Å²) in [5.74, 6) is 1.03. The molecule has 1 aliphatic rings. The molecule has 1 saturated carbocycles. The smallest absolute Gasteiger partial charge is 0.119 e. The van der Waals surface area contributed by atoms with E-state index in [0.29, 0.717) is 12.1 Å². The lowest BCUT2D eigenvalue weighted by molar-refractivity contribution is 0.145. The highest BCUT2D eigenvalue weighted by molar-refractivity contribution is 5.27. The Labute approximate surface area is 123 Å². The third-order valence-corrected chi connectivity index (χ3v) is 4.17. The first kappa shape index (κ1) is 15.4. The maximum absolute atomic E-state index is 6.27. The highest BCUT2D eigenvalue weighted by Crippen LogP contribution is 2.24. The number of hydrogen-bond acceptors (Lipinski definition) is 2. The summed E-state index contributed by atoms with van der Waals surface area (Å²) in [5, 5.41) is 3.60. The van der Waals surface area contributed by atoms with E-state index in [-0.39, 0.29) is 0 Å². The summed E-state index contributed by atoms with van der Waals surface area (Å²) in [6.07, 6.45) is 9.06. The maximum atomic E-state index is 6.27. The Morgan fingerprint density at radius 2 is 1.80 bits per heavy atom. The molecule has 2 heteroatoms. The first-order valence-electron chi connectivity index (χ1n) is 8.32. The van der Waals surface area contributed by atoms with E-state index < -0.39 is 0 Å². The Bertz CT molecular complexity index is 374. The zero-order chi connectivity index (χ0) is 14.2. The number of likely N-dealkylation sites (N-methyl/N-ethyl adjacent to an activating group) is 1. The van der Waals surface area contributed by atoms with Gasteiger partial charge in [0.05, 0.1) is 0 Å². The lowest BCUT2D eigenvalue weighted by atomic mass is 10.1. The van der Waals surface area contributed by atoms with Gasteiger partial charge < -0.3 is 10.1 Å². The largest absolute Gasteiger partial charge is 0.489 e. The normalized spacial score (nSPS) is 23.3. The van der Waals surface area contributed by atoms with Crippen molar-refractivity contribution in [3.05, 3.63) is 29.8 Å². The van der Waals surface area contributed by atoms with Crippen LogP contribution in [0.4, 0.5) is 0 Å². The molecule has 0 aromatic heterocycles. The van der Waals surface area contributed by atoms with Crippen LogP contribution in [0.1, 0.15) is 57.9 Å².